The van der Waals surface area contributed by atoms with Crippen LogP contribution in [0.25, 0.3) is 16.6 Å². The van der Waals surface area contributed by atoms with Crippen molar-refractivity contribution in [3.8, 4) is 5.69 Å². The number of alkyl halides is 6. The van der Waals surface area contributed by atoms with Crippen LogP contribution in [0.1, 0.15) is 11.4 Å². The number of pyridine rings is 1. The Kier molecular flexibility index (Phi) is 4.67. The maximum atomic E-state index is 13.4. The molecule has 27 heavy (non-hydrogen) atoms. The molecule has 0 saturated heterocycles. The van der Waals surface area contributed by atoms with Crippen LogP contribution in [0, 0.1) is 0 Å². The molecule has 3 aromatic rings. The maximum absolute atomic E-state index is 13.4. The standard InChI is InChI=1S/C15H8Cl2F6N4/c1-24-13-11-8(26-27(13)9-3-2-6(16)4-7(9)17)5-10(14(18,19)20)25-12(11)15(21,22)23/h2-5,24H,1H3. The number of fused-ring (bicyclic) bond motifs is 1. The molecule has 0 unspecified atom stereocenters. The lowest BCUT2D eigenvalue weighted by Gasteiger charge is -2.13. The Labute approximate surface area is 157 Å². The number of rotatable bonds is 2. The summed E-state index contributed by atoms with van der Waals surface area (Å²) in [4.78, 5) is 2.80. The van der Waals surface area contributed by atoms with E-state index in [1.165, 1.54) is 25.2 Å². The van der Waals surface area contributed by atoms with Crippen LogP contribution in [0.2, 0.25) is 10.0 Å². The summed E-state index contributed by atoms with van der Waals surface area (Å²) in [6, 6.07) is 4.57. The van der Waals surface area contributed by atoms with E-state index in [4.69, 9.17) is 23.2 Å². The second kappa shape index (κ2) is 6.45. The molecule has 0 radical (unpaired) electrons. The fourth-order valence-corrected chi connectivity index (χ4v) is 3.00. The van der Waals surface area contributed by atoms with Gasteiger partial charge in [-0.2, -0.15) is 31.4 Å². The summed E-state index contributed by atoms with van der Waals surface area (Å²) in [5, 5.41) is 6.10. The van der Waals surface area contributed by atoms with E-state index in [0.29, 0.717) is 6.07 Å². The van der Waals surface area contributed by atoms with Crippen LogP contribution in [-0.4, -0.2) is 21.8 Å². The number of nitrogens with zero attached hydrogens (tertiary/aromatic N) is 3. The molecule has 0 saturated carbocycles. The van der Waals surface area contributed by atoms with E-state index in [1.54, 1.807) is 0 Å². The molecule has 12 heteroatoms. The smallest absolute Gasteiger partial charge is 0.372 e. The fraction of sp³-hybridized carbons (Fsp3) is 0.200. The number of aromatic nitrogens is 3. The van der Waals surface area contributed by atoms with Gasteiger partial charge in [0.15, 0.2) is 5.69 Å². The summed E-state index contributed by atoms with van der Waals surface area (Å²) in [5.74, 6) is -0.220. The Bertz CT molecular complexity index is 1030. The first kappa shape index (κ1) is 19.6. The topological polar surface area (TPSA) is 42.7 Å². The lowest BCUT2D eigenvalue weighted by molar-refractivity contribution is -0.149. The van der Waals surface area contributed by atoms with Gasteiger partial charge in [-0.15, -0.1) is 0 Å². The van der Waals surface area contributed by atoms with E-state index in [-0.39, 0.29) is 21.6 Å². The molecule has 2 aromatic heterocycles. The molecule has 0 fully saturated rings. The predicted octanol–water partition coefficient (Wildman–Crippen LogP) is 5.81. The third kappa shape index (κ3) is 3.51. The second-order valence-electron chi connectivity index (χ2n) is 5.35. The number of anilines is 1. The minimum absolute atomic E-state index is 0.0457. The van der Waals surface area contributed by atoms with Gasteiger partial charge in [-0.25, -0.2) is 9.67 Å². The molecule has 0 aliphatic carbocycles. The minimum Gasteiger partial charge on any atom is -0.372 e. The van der Waals surface area contributed by atoms with Crippen molar-refractivity contribution in [2.75, 3.05) is 12.4 Å². The third-order valence-corrected chi connectivity index (χ3v) is 4.13. The van der Waals surface area contributed by atoms with E-state index >= 15 is 0 Å². The van der Waals surface area contributed by atoms with Crippen LogP contribution in [0.4, 0.5) is 32.2 Å². The van der Waals surface area contributed by atoms with E-state index < -0.39 is 34.6 Å². The molecule has 2 heterocycles. The number of hydrogen-bond donors (Lipinski definition) is 1. The summed E-state index contributed by atoms with van der Waals surface area (Å²) in [6.45, 7) is 0. The number of nitrogens with one attached hydrogen (secondary N) is 1. The largest absolute Gasteiger partial charge is 0.434 e. The first-order valence-electron chi connectivity index (χ1n) is 7.15. The average molecular weight is 429 g/mol. The highest BCUT2D eigenvalue weighted by molar-refractivity contribution is 6.35. The van der Waals surface area contributed by atoms with E-state index in [2.05, 4.69) is 15.4 Å². The van der Waals surface area contributed by atoms with Gasteiger partial charge in [0.05, 0.1) is 21.6 Å². The highest BCUT2D eigenvalue weighted by Crippen LogP contribution is 2.41. The molecule has 0 spiro atoms. The van der Waals surface area contributed by atoms with Crippen molar-refractivity contribution in [3.63, 3.8) is 0 Å². The van der Waals surface area contributed by atoms with Crippen LogP contribution in [0.3, 0.4) is 0 Å². The Hall–Kier alpha value is -2.20. The van der Waals surface area contributed by atoms with Crippen molar-refractivity contribution in [1.29, 1.82) is 0 Å². The SMILES string of the molecule is CNc1c2c(C(F)(F)F)nc(C(F)(F)F)cc2nn1-c1ccc(Cl)cc1Cl. The third-order valence-electron chi connectivity index (χ3n) is 3.59. The van der Waals surface area contributed by atoms with Crippen molar-refractivity contribution in [3.05, 3.63) is 45.7 Å². The maximum Gasteiger partial charge on any atom is 0.434 e. The van der Waals surface area contributed by atoms with Crippen molar-refractivity contribution < 1.29 is 26.3 Å². The molecule has 0 amide bonds. The highest BCUT2D eigenvalue weighted by atomic mass is 35.5. The molecule has 0 bridgehead atoms. The quantitative estimate of drug-likeness (QED) is 0.524. The van der Waals surface area contributed by atoms with Gasteiger partial charge in [0.2, 0.25) is 0 Å². The Balaban J connectivity index is 2.42. The van der Waals surface area contributed by atoms with Crippen molar-refractivity contribution in [2.45, 2.75) is 12.4 Å². The van der Waals surface area contributed by atoms with E-state index in [9.17, 15) is 26.3 Å². The molecule has 0 aliphatic rings. The monoisotopic (exact) mass is 428 g/mol. The van der Waals surface area contributed by atoms with Crippen LogP contribution in [-0.2, 0) is 12.4 Å². The Morgan fingerprint density at radius 3 is 2.19 bits per heavy atom. The molecule has 4 nitrogen and oxygen atoms in total. The first-order valence-corrected chi connectivity index (χ1v) is 7.90. The minimum atomic E-state index is -5.14. The van der Waals surface area contributed by atoms with Gasteiger partial charge >= 0.3 is 12.4 Å². The zero-order chi connectivity index (χ0) is 20.1. The van der Waals surface area contributed by atoms with Gasteiger partial charge < -0.3 is 5.32 Å². The summed E-state index contributed by atoms with van der Waals surface area (Å²) in [6.07, 6.45) is -10.2. The summed E-state index contributed by atoms with van der Waals surface area (Å²) >= 11 is 11.9. The highest BCUT2D eigenvalue weighted by Gasteiger charge is 2.42. The van der Waals surface area contributed by atoms with Gasteiger partial charge in [0.25, 0.3) is 0 Å². The average Bonchev–Trinajstić information content (AvgIpc) is 2.90. The van der Waals surface area contributed by atoms with Crippen LogP contribution < -0.4 is 5.32 Å². The van der Waals surface area contributed by atoms with Crippen LogP contribution in [0.5, 0.6) is 0 Å². The molecular formula is C15H8Cl2F6N4. The van der Waals surface area contributed by atoms with Gasteiger partial charge in [-0.05, 0) is 24.3 Å². The molecule has 144 valence electrons. The van der Waals surface area contributed by atoms with Crippen LogP contribution in [0.15, 0.2) is 24.3 Å². The number of hydrogen-bond acceptors (Lipinski definition) is 3. The molecule has 0 aliphatic heterocycles. The van der Waals surface area contributed by atoms with E-state index in [0.717, 1.165) is 4.68 Å². The zero-order valence-electron chi connectivity index (χ0n) is 13.2. The number of benzene rings is 1. The predicted molar refractivity (Wildman–Crippen MR) is 88.4 cm³/mol. The van der Waals surface area contributed by atoms with Crippen molar-refractivity contribution >= 4 is 39.9 Å². The van der Waals surface area contributed by atoms with Gasteiger partial charge in [-0.1, -0.05) is 23.2 Å². The lowest BCUT2D eigenvalue weighted by Crippen LogP contribution is -2.15. The second-order valence-corrected chi connectivity index (χ2v) is 6.20. The summed E-state index contributed by atoms with van der Waals surface area (Å²) in [5.41, 5.74) is -3.81. The lowest BCUT2D eigenvalue weighted by atomic mass is 10.2. The normalized spacial score (nSPS) is 12.6. The fourth-order valence-electron chi connectivity index (χ4n) is 2.52. The van der Waals surface area contributed by atoms with Gasteiger partial charge in [0, 0.05) is 12.1 Å². The van der Waals surface area contributed by atoms with Crippen LogP contribution >= 0.6 is 23.2 Å². The zero-order valence-corrected chi connectivity index (χ0v) is 14.7. The Morgan fingerprint density at radius 2 is 1.67 bits per heavy atom. The van der Waals surface area contributed by atoms with Gasteiger partial charge in [0.1, 0.15) is 11.5 Å². The van der Waals surface area contributed by atoms with Crippen molar-refractivity contribution in [1.82, 2.24) is 14.8 Å². The molecule has 0 atom stereocenters. The summed E-state index contributed by atoms with van der Waals surface area (Å²) in [7, 11) is 1.30. The first-order chi connectivity index (χ1) is 12.4. The number of halogens is 8. The van der Waals surface area contributed by atoms with Crippen molar-refractivity contribution in [2.24, 2.45) is 0 Å². The summed E-state index contributed by atoms with van der Waals surface area (Å²) < 4.78 is 80.2. The Morgan fingerprint density at radius 1 is 1.00 bits per heavy atom. The van der Waals surface area contributed by atoms with E-state index in [1.807, 2.05) is 0 Å². The molecule has 3 rings (SSSR count). The molecule has 1 N–H and O–H groups in total. The van der Waals surface area contributed by atoms with Gasteiger partial charge in [-0.3, -0.25) is 0 Å². The molecular weight excluding hydrogens is 421 g/mol. The molecule has 1 aromatic carbocycles.